The highest BCUT2D eigenvalue weighted by Crippen LogP contribution is 2.26. The molecule has 4 nitrogen and oxygen atoms in total. The van der Waals surface area contributed by atoms with E-state index in [0.717, 1.165) is 36.9 Å². The highest BCUT2D eigenvalue weighted by Gasteiger charge is 2.31. The summed E-state index contributed by atoms with van der Waals surface area (Å²) in [6.07, 6.45) is 1.94. The highest BCUT2D eigenvalue weighted by molar-refractivity contribution is 14.0. The molecule has 2 rings (SSSR count). The molecule has 0 amide bonds. The number of aliphatic hydroxyl groups is 1. The fourth-order valence-electron chi connectivity index (χ4n) is 2.18. The molecule has 0 bridgehead atoms. The number of aryl methyl sites for hydroxylation is 1. The second kappa shape index (κ2) is 10.00. The van der Waals surface area contributed by atoms with Crippen molar-refractivity contribution in [3.63, 3.8) is 0 Å². The van der Waals surface area contributed by atoms with Crippen LogP contribution in [0, 0.1) is 0 Å². The lowest BCUT2D eigenvalue weighted by Gasteiger charge is -2.23. The molecule has 126 valence electrons. The Morgan fingerprint density at radius 2 is 2.09 bits per heavy atom. The molecule has 1 aliphatic heterocycles. The smallest absolute Gasteiger partial charge is 0.191 e. The third-order valence-electron chi connectivity index (χ3n) is 3.47. The van der Waals surface area contributed by atoms with Crippen LogP contribution in [0.25, 0.3) is 0 Å². The molecule has 3 N–H and O–H groups in total. The summed E-state index contributed by atoms with van der Waals surface area (Å²) in [4.78, 5) is 7.29. The zero-order valence-electron chi connectivity index (χ0n) is 13.2. The van der Waals surface area contributed by atoms with E-state index in [1.54, 1.807) is 0 Å². The average molecular weight is 455 g/mol. The molecule has 1 saturated heterocycles. The van der Waals surface area contributed by atoms with Crippen molar-refractivity contribution < 1.29 is 5.11 Å². The lowest BCUT2D eigenvalue weighted by Crippen LogP contribution is -2.47. The van der Waals surface area contributed by atoms with Gasteiger partial charge in [-0.05, 0) is 37.7 Å². The van der Waals surface area contributed by atoms with Crippen LogP contribution in [-0.4, -0.2) is 41.3 Å². The topological polar surface area (TPSA) is 56.7 Å². The van der Waals surface area contributed by atoms with Gasteiger partial charge in [0.25, 0.3) is 0 Å². The van der Waals surface area contributed by atoms with Crippen molar-refractivity contribution in [2.24, 2.45) is 4.99 Å². The van der Waals surface area contributed by atoms with Gasteiger partial charge < -0.3 is 15.7 Å². The quantitative estimate of drug-likeness (QED) is 0.351. The maximum atomic E-state index is 10.4. The molecule has 7 heteroatoms. The lowest BCUT2D eigenvalue weighted by molar-refractivity contribution is 0.0724. The first-order valence-corrected chi connectivity index (χ1v) is 9.52. The minimum atomic E-state index is -0.584. The molecular weight excluding hydrogens is 429 g/mol. The van der Waals surface area contributed by atoms with Gasteiger partial charge in [-0.1, -0.05) is 6.92 Å². The van der Waals surface area contributed by atoms with Crippen LogP contribution in [0.2, 0.25) is 0 Å². The molecule has 0 spiro atoms. The van der Waals surface area contributed by atoms with Crippen molar-refractivity contribution in [1.82, 2.24) is 10.6 Å². The summed E-state index contributed by atoms with van der Waals surface area (Å²) in [5.74, 6) is 2.64. The van der Waals surface area contributed by atoms with Gasteiger partial charge in [0, 0.05) is 28.6 Å². The van der Waals surface area contributed by atoms with Gasteiger partial charge in [0.2, 0.25) is 0 Å². The van der Waals surface area contributed by atoms with Crippen LogP contribution in [-0.2, 0) is 13.0 Å². The molecule has 1 aromatic heterocycles. The summed E-state index contributed by atoms with van der Waals surface area (Å²) in [5.41, 5.74) is -0.584. The number of guanidine groups is 1. The zero-order chi connectivity index (χ0) is 15.1. The van der Waals surface area contributed by atoms with Crippen LogP contribution in [0.4, 0.5) is 0 Å². The van der Waals surface area contributed by atoms with Crippen LogP contribution in [0.3, 0.4) is 0 Å². The molecule has 2 heterocycles. The summed E-state index contributed by atoms with van der Waals surface area (Å²) < 4.78 is 0. The molecule has 1 atom stereocenters. The number of halogens is 1. The molecule has 22 heavy (non-hydrogen) atoms. The Hall–Kier alpha value is 0.01000. The van der Waals surface area contributed by atoms with Crippen molar-refractivity contribution in [2.45, 2.75) is 38.8 Å². The number of thiophene rings is 1. The Kier molecular flexibility index (Phi) is 9.11. The predicted octanol–water partition coefficient (Wildman–Crippen LogP) is 2.85. The number of rotatable bonds is 6. The van der Waals surface area contributed by atoms with E-state index in [9.17, 15) is 5.11 Å². The van der Waals surface area contributed by atoms with Crippen LogP contribution >= 0.6 is 47.1 Å². The van der Waals surface area contributed by atoms with Gasteiger partial charge >= 0.3 is 0 Å². The number of aliphatic imine (C=N–C) groups is 1. The summed E-state index contributed by atoms with van der Waals surface area (Å²) in [7, 11) is 0. The Bertz CT molecular complexity index is 473. The van der Waals surface area contributed by atoms with E-state index < -0.39 is 5.60 Å². The molecule has 1 unspecified atom stereocenters. The maximum Gasteiger partial charge on any atom is 0.191 e. The van der Waals surface area contributed by atoms with E-state index in [-0.39, 0.29) is 24.0 Å². The Labute approximate surface area is 158 Å². The van der Waals surface area contributed by atoms with E-state index in [1.165, 1.54) is 9.75 Å². The first-order valence-electron chi connectivity index (χ1n) is 7.55. The highest BCUT2D eigenvalue weighted by atomic mass is 127. The van der Waals surface area contributed by atoms with Crippen LogP contribution < -0.4 is 10.6 Å². The van der Waals surface area contributed by atoms with Gasteiger partial charge in [0.1, 0.15) is 0 Å². The second-order valence-corrected chi connectivity index (χ2v) is 7.66. The average Bonchev–Trinajstić information content (AvgIpc) is 3.11. The van der Waals surface area contributed by atoms with Gasteiger partial charge in [-0.2, -0.15) is 11.8 Å². The Balaban J connectivity index is 0.00000242. The summed E-state index contributed by atoms with van der Waals surface area (Å²) in [5, 5.41) is 16.9. The van der Waals surface area contributed by atoms with Crippen LogP contribution in [0.1, 0.15) is 30.0 Å². The third-order valence-corrected chi connectivity index (χ3v) is 5.92. The second-order valence-electron chi connectivity index (χ2n) is 5.30. The molecule has 1 fully saturated rings. The molecule has 0 aliphatic carbocycles. The number of thioether (sulfide) groups is 1. The van der Waals surface area contributed by atoms with Crippen molar-refractivity contribution in [2.75, 3.05) is 24.6 Å². The molecule has 1 aliphatic rings. The minimum absolute atomic E-state index is 0. The fraction of sp³-hybridized carbons (Fsp3) is 0.667. The Morgan fingerprint density at radius 1 is 1.32 bits per heavy atom. The number of nitrogens with one attached hydrogen (secondary N) is 2. The predicted molar refractivity (Wildman–Crippen MR) is 109 cm³/mol. The lowest BCUT2D eigenvalue weighted by atomic mass is 10.0. The number of hydrogen-bond donors (Lipinski definition) is 3. The minimum Gasteiger partial charge on any atom is -0.387 e. The SMILES string of the molecule is CCNC(=NCc1ccc(CC)s1)NCC1(O)CCSC1.I. The largest absolute Gasteiger partial charge is 0.387 e. The van der Waals surface area contributed by atoms with Crippen LogP contribution in [0.15, 0.2) is 17.1 Å². The van der Waals surface area contributed by atoms with Gasteiger partial charge in [0.15, 0.2) is 5.96 Å². The molecule has 0 radical (unpaired) electrons. The van der Waals surface area contributed by atoms with Crippen LogP contribution in [0.5, 0.6) is 0 Å². The summed E-state index contributed by atoms with van der Waals surface area (Å²) in [6.45, 7) is 6.30. The third kappa shape index (κ3) is 6.25. The van der Waals surface area contributed by atoms with Crippen molar-refractivity contribution in [1.29, 1.82) is 0 Å². The van der Waals surface area contributed by atoms with Gasteiger partial charge in [-0.3, -0.25) is 0 Å². The molecule has 1 aromatic rings. The molecule has 0 saturated carbocycles. The monoisotopic (exact) mass is 455 g/mol. The normalized spacial score (nSPS) is 21.5. The van der Waals surface area contributed by atoms with E-state index >= 15 is 0 Å². The molecular formula is C15H26IN3OS2. The number of hydrogen-bond acceptors (Lipinski definition) is 4. The number of nitrogens with zero attached hydrogens (tertiary/aromatic N) is 1. The van der Waals surface area contributed by atoms with E-state index in [1.807, 2.05) is 23.1 Å². The van der Waals surface area contributed by atoms with Crippen molar-refractivity contribution >= 4 is 53.0 Å². The van der Waals surface area contributed by atoms with E-state index in [4.69, 9.17) is 0 Å². The van der Waals surface area contributed by atoms with Gasteiger partial charge in [0.05, 0.1) is 12.1 Å². The maximum absolute atomic E-state index is 10.4. The standard InChI is InChI=1S/C15H25N3OS2.HI/c1-3-12-5-6-13(21-12)9-17-14(16-4-2)18-10-15(19)7-8-20-11-15;/h5-6,19H,3-4,7-11H2,1-2H3,(H2,16,17,18);1H. The Morgan fingerprint density at radius 3 is 2.68 bits per heavy atom. The van der Waals surface area contributed by atoms with E-state index in [0.29, 0.717) is 13.1 Å². The van der Waals surface area contributed by atoms with E-state index in [2.05, 4.69) is 41.6 Å². The van der Waals surface area contributed by atoms with Crippen molar-refractivity contribution in [3.8, 4) is 0 Å². The summed E-state index contributed by atoms with van der Waals surface area (Å²) >= 11 is 3.63. The first kappa shape index (κ1) is 20.1. The summed E-state index contributed by atoms with van der Waals surface area (Å²) in [6, 6.07) is 4.33. The first-order chi connectivity index (χ1) is 10.1. The van der Waals surface area contributed by atoms with Gasteiger partial charge in [-0.15, -0.1) is 35.3 Å². The zero-order valence-corrected chi connectivity index (χ0v) is 17.2. The fourth-order valence-corrected chi connectivity index (χ4v) is 4.36. The molecule has 0 aromatic carbocycles. The van der Waals surface area contributed by atoms with Crippen molar-refractivity contribution in [3.05, 3.63) is 21.9 Å². The van der Waals surface area contributed by atoms with Gasteiger partial charge in [-0.25, -0.2) is 4.99 Å².